The molecule has 0 saturated carbocycles. The van der Waals surface area contributed by atoms with Crippen LogP contribution in [-0.2, 0) is 6.42 Å². The number of rotatable bonds is 4. The molecule has 0 amide bonds. The number of anilines is 1. The fourth-order valence-electron chi connectivity index (χ4n) is 1.99. The smallest absolute Gasteiger partial charge is 0.280 e. The van der Waals surface area contributed by atoms with Gasteiger partial charge in [-0.2, -0.15) is 0 Å². The predicted octanol–water partition coefficient (Wildman–Crippen LogP) is 2.21. The minimum absolute atomic E-state index is 0.0265. The molecule has 3 N–H and O–H groups in total. The maximum atomic E-state index is 11.1. The lowest BCUT2D eigenvalue weighted by molar-refractivity contribution is -0.384. The monoisotopic (exact) mass is 273 g/mol. The van der Waals surface area contributed by atoms with Crippen LogP contribution in [-0.4, -0.2) is 14.9 Å². The molecular weight excluding hydrogens is 258 g/mol. The number of nitrogen functional groups attached to an aromatic ring is 1. The van der Waals surface area contributed by atoms with E-state index in [0.717, 1.165) is 11.3 Å². The molecule has 0 aliphatic heterocycles. The van der Waals surface area contributed by atoms with E-state index in [4.69, 9.17) is 5.84 Å². The molecule has 1 aromatic heterocycles. The van der Waals surface area contributed by atoms with Crippen LogP contribution in [0.3, 0.4) is 0 Å². The van der Waals surface area contributed by atoms with Crippen molar-refractivity contribution in [3.63, 3.8) is 0 Å². The number of hydrazine groups is 1. The molecule has 1 heterocycles. The zero-order chi connectivity index (χ0) is 14.7. The van der Waals surface area contributed by atoms with Crippen LogP contribution in [0, 0.1) is 17.0 Å². The number of hydrogen-bond donors (Lipinski definition) is 2. The first kappa shape index (κ1) is 13.9. The van der Waals surface area contributed by atoms with E-state index in [0.29, 0.717) is 23.6 Å². The van der Waals surface area contributed by atoms with Crippen molar-refractivity contribution in [1.82, 2.24) is 9.97 Å². The molecular formula is C13H15N5O2. The summed E-state index contributed by atoms with van der Waals surface area (Å²) >= 11 is 0. The van der Waals surface area contributed by atoms with Gasteiger partial charge in [-0.1, -0.05) is 19.1 Å². The van der Waals surface area contributed by atoms with Gasteiger partial charge in [0, 0.05) is 17.3 Å². The highest BCUT2D eigenvalue weighted by atomic mass is 16.6. The topological polar surface area (TPSA) is 107 Å². The van der Waals surface area contributed by atoms with Crippen LogP contribution in [0.25, 0.3) is 11.4 Å². The van der Waals surface area contributed by atoms with Crippen LogP contribution in [0.15, 0.2) is 24.3 Å². The van der Waals surface area contributed by atoms with Crippen molar-refractivity contribution in [2.75, 3.05) is 5.43 Å². The number of benzene rings is 1. The number of nitro benzene ring substituents is 1. The van der Waals surface area contributed by atoms with Gasteiger partial charge in [0.25, 0.3) is 5.69 Å². The van der Waals surface area contributed by atoms with Crippen molar-refractivity contribution in [3.05, 3.63) is 45.6 Å². The largest absolute Gasteiger partial charge is 0.308 e. The number of nitrogens with two attached hydrogens (primary N) is 1. The van der Waals surface area contributed by atoms with Gasteiger partial charge in [0.15, 0.2) is 5.82 Å². The summed E-state index contributed by atoms with van der Waals surface area (Å²) in [5.41, 5.74) is 4.51. The van der Waals surface area contributed by atoms with Crippen molar-refractivity contribution in [2.45, 2.75) is 20.3 Å². The zero-order valence-electron chi connectivity index (χ0n) is 11.3. The lowest BCUT2D eigenvalue weighted by Gasteiger charge is -2.11. The van der Waals surface area contributed by atoms with Crippen LogP contribution < -0.4 is 11.3 Å². The molecule has 2 aromatic rings. The number of nitrogens with zero attached hydrogens (tertiary/aromatic N) is 3. The minimum Gasteiger partial charge on any atom is -0.308 e. The molecule has 0 spiro atoms. The lowest BCUT2D eigenvalue weighted by Crippen LogP contribution is -2.13. The predicted molar refractivity (Wildman–Crippen MR) is 76.0 cm³/mol. The summed E-state index contributed by atoms with van der Waals surface area (Å²) in [6.07, 6.45) is 0.691. The first-order valence-electron chi connectivity index (χ1n) is 6.16. The van der Waals surface area contributed by atoms with E-state index in [2.05, 4.69) is 15.4 Å². The zero-order valence-corrected chi connectivity index (χ0v) is 11.3. The van der Waals surface area contributed by atoms with Gasteiger partial charge in [-0.3, -0.25) is 10.1 Å². The Morgan fingerprint density at radius 1 is 1.35 bits per heavy atom. The summed E-state index contributed by atoms with van der Waals surface area (Å²) in [5, 5.41) is 11.1. The highest BCUT2D eigenvalue weighted by Crippen LogP contribution is 2.29. The molecule has 0 unspecified atom stereocenters. The SMILES string of the molecule is CCc1nc(-c2ccccc2[N+](=O)[O-])nc(NN)c1C. The Bertz CT molecular complexity index is 632. The van der Waals surface area contributed by atoms with Crippen LogP contribution in [0.2, 0.25) is 0 Å². The van der Waals surface area contributed by atoms with E-state index in [9.17, 15) is 10.1 Å². The lowest BCUT2D eigenvalue weighted by atomic mass is 10.1. The summed E-state index contributed by atoms with van der Waals surface area (Å²) in [7, 11) is 0. The number of hydrogen-bond acceptors (Lipinski definition) is 6. The average molecular weight is 273 g/mol. The first-order chi connectivity index (χ1) is 9.58. The van der Waals surface area contributed by atoms with E-state index in [1.165, 1.54) is 6.07 Å². The van der Waals surface area contributed by atoms with E-state index in [-0.39, 0.29) is 5.69 Å². The Balaban J connectivity index is 2.67. The van der Waals surface area contributed by atoms with Gasteiger partial charge >= 0.3 is 0 Å². The van der Waals surface area contributed by atoms with Gasteiger partial charge in [0.1, 0.15) is 5.82 Å². The Hall–Kier alpha value is -2.54. The molecule has 1 aromatic carbocycles. The highest BCUT2D eigenvalue weighted by molar-refractivity contribution is 5.69. The summed E-state index contributed by atoms with van der Waals surface area (Å²) in [4.78, 5) is 19.3. The van der Waals surface area contributed by atoms with Gasteiger partial charge < -0.3 is 5.43 Å². The maximum absolute atomic E-state index is 11.1. The summed E-state index contributed by atoms with van der Waals surface area (Å²) in [6, 6.07) is 6.38. The summed E-state index contributed by atoms with van der Waals surface area (Å²) in [6.45, 7) is 3.82. The number of para-hydroxylation sites is 1. The Morgan fingerprint density at radius 3 is 2.65 bits per heavy atom. The number of nitrogens with one attached hydrogen (secondary N) is 1. The quantitative estimate of drug-likeness (QED) is 0.502. The normalized spacial score (nSPS) is 10.3. The van der Waals surface area contributed by atoms with Gasteiger partial charge in [-0.15, -0.1) is 0 Å². The summed E-state index contributed by atoms with van der Waals surface area (Å²) in [5.74, 6) is 6.22. The van der Waals surface area contributed by atoms with Gasteiger partial charge in [0.05, 0.1) is 10.5 Å². The fourth-order valence-corrected chi connectivity index (χ4v) is 1.99. The number of aryl methyl sites for hydroxylation is 1. The molecule has 7 heteroatoms. The molecule has 0 saturated heterocycles. The van der Waals surface area contributed by atoms with Crippen molar-refractivity contribution in [2.24, 2.45) is 5.84 Å². The van der Waals surface area contributed by atoms with Crippen molar-refractivity contribution >= 4 is 11.5 Å². The third kappa shape index (κ3) is 2.43. The van der Waals surface area contributed by atoms with E-state index in [1.54, 1.807) is 18.2 Å². The molecule has 7 nitrogen and oxygen atoms in total. The minimum atomic E-state index is -0.445. The Morgan fingerprint density at radius 2 is 2.05 bits per heavy atom. The fraction of sp³-hybridized carbons (Fsp3) is 0.231. The second-order valence-electron chi connectivity index (χ2n) is 4.24. The van der Waals surface area contributed by atoms with Crippen molar-refractivity contribution in [3.8, 4) is 11.4 Å². The highest BCUT2D eigenvalue weighted by Gasteiger charge is 2.18. The third-order valence-corrected chi connectivity index (χ3v) is 3.06. The average Bonchev–Trinajstić information content (AvgIpc) is 2.47. The van der Waals surface area contributed by atoms with Crippen LogP contribution in [0.1, 0.15) is 18.2 Å². The molecule has 0 aliphatic carbocycles. The third-order valence-electron chi connectivity index (χ3n) is 3.06. The first-order valence-corrected chi connectivity index (χ1v) is 6.16. The van der Waals surface area contributed by atoms with Crippen molar-refractivity contribution in [1.29, 1.82) is 0 Å². The molecule has 0 bridgehead atoms. The van der Waals surface area contributed by atoms with Gasteiger partial charge in [0.2, 0.25) is 0 Å². The van der Waals surface area contributed by atoms with E-state index >= 15 is 0 Å². The molecule has 0 radical (unpaired) electrons. The van der Waals surface area contributed by atoms with Gasteiger partial charge in [-0.05, 0) is 19.4 Å². The molecule has 20 heavy (non-hydrogen) atoms. The second kappa shape index (κ2) is 5.62. The molecule has 104 valence electrons. The number of aromatic nitrogens is 2. The second-order valence-corrected chi connectivity index (χ2v) is 4.24. The maximum Gasteiger partial charge on any atom is 0.280 e. The van der Waals surface area contributed by atoms with Gasteiger partial charge in [-0.25, -0.2) is 15.8 Å². The van der Waals surface area contributed by atoms with Crippen LogP contribution in [0.5, 0.6) is 0 Å². The molecule has 0 aliphatic rings. The Labute approximate surface area is 116 Å². The van der Waals surface area contributed by atoms with E-state index in [1.807, 2.05) is 13.8 Å². The van der Waals surface area contributed by atoms with Crippen LogP contribution >= 0.6 is 0 Å². The molecule has 2 rings (SSSR count). The Kier molecular flexibility index (Phi) is 3.90. The van der Waals surface area contributed by atoms with E-state index < -0.39 is 4.92 Å². The molecule has 0 fully saturated rings. The molecule has 0 atom stereocenters. The summed E-state index contributed by atoms with van der Waals surface area (Å²) < 4.78 is 0. The van der Waals surface area contributed by atoms with Crippen molar-refractivity contribution < 1.29 is 4.92 Å². The standard InChI is InChI=1S/C13H15N5O2/c1-3-10-8(2)12(17-14)16-13(15-10)9-6-4-5-7-11(9)18(19)20/h4-7H,3,14H2,1-2H3,(H,15,16,17). The van der Waals surface area contributed by atoms with Crippen LogP contribution in [0.4, 0.5) is 11.5 Å². The number of nitro groups is 1.